The zero-order valence-corrected chi connectivity index (χ0v) is 16.7. The summed E-state index contributed by atoms with van der Waals surface area (Å²) in [4.78, 5) is 36.6. The molecule has 1 aliphatic heterocycles. The minimum absolute atomic E-state index is 0.0951. The molecule has 0 N–H and O–H groups in total. The van der Waals surface area contributed by atoms with Crippen LogP contribution in [0.15, 0.2) is 35.4 Å². The van der Waals surface area contributed by atoms with Crippen molar-refractivity contribution < 1.29 is 33.3 Å². The first-order chi connectivity index (χ1) is 13.5. The maximum atomic E-state index is 11.9. The van der Waals surface area contributed by atoms with E-state index in [0.29, 0.717) is 36.1 Å². The van der Waals surface area contributed by atoms with E-state index in [1.54, 1.807) is 18.2 Å². The third-order valence-corrected chi connectivity index (χ3v) is 4.66. The molecule has 0 aliphatic carbocycles. The zero-order valence-electron chi connectivity index (χ0n) is 15.8. The summed E-state index contributed by atoms with van der Waals surface area (Å²) >= 11 is 1.27. The highest BCUT2D eigenvalue weighted by molar-refractivity contribution is 8.04. The first kappa shape index (κ1) is 21.6. The van der Waals surface area contributed by atoms with Crippen LogP contribution >= 0.6 is 11.8 Å². The molecule has 0 spiro atoms. The number of carbonyl (C=O) groups is 3. The highest BCUT2D eigenvalue weighted by atomic mass is 32.2. The van der Waals surface area contributed by atoms with Crippen LogP contribution in [0.4, 0.5) is 0 Å². The minimum Gasteiger partial charge on any atom is -0.490 e. The second kappa shape index (κ2) is 11.2. The van der Waals surface area contributed by atoms with Crippen molar-refractivity contribution in [1.29, 1.82) is 0 Å². The normalized spacial score (nSPS) is 14.9. The summed E-state index contributed by atoms with van der Waals surface area (Å²) in [6.45, 7) is 2.59. The highest BCUT2D eigenvalue weighted by Gasteiger charge is 2.27. The van der Waals surface area contributed by atoms with Gasteiger partial charge >= 0.3 is 11.9 Å². The van der Waals surface area contributed by atoms with E-state index in [4.69, 9.17) is 14.2 Å². The van der Waals surface area contributed by atoms with Gasteiger partial charge in [0.05, 0.1) is 37.2 Å². The van der Waals surface area contributed by atoms with Crippen LogP contribution in [-0.2, 0) is 23.9 Å². The number of rotatable bonds is 10. The summed E-state index contributed by atoms with van der Waals surface area (Å²) in [5, 5.41) is 0.541. The Balaban J connectivity index is 1.73. The van der Waals surface area contributed by atoms with Crippen molar-refractivity contribution in [3.8, 4) is 11.5 Å². The molecule has 1 fully saturated rings. The molecule has 28 heavy (non-hydrogen) atoms. The van der Waals surface area contributed by atoms with Gasteiger partial charge in [-0.25, -0.2) is 9.59 Å². The Morgan fingerprint density at radius 1 is 1.21 bits per heavy atom. The molecule has 0 atom stereocenters. The van der Waals surface area contributed by atoms with Crippen molar-refractivity contribution in [2.24, 2.45) is 0 Å². The van der Waals surface area contributed by atoms with Crippen molar-refractivity contribution >= 4 is 29.6 Å². The smallest absolute Gasteiger partial charge is 0.344 e. The molecule has 152 valence electrons. The number of carbonyl (C=O) groups excluding carboxylic acids is 3. The van der Waals surface area contributed by atoms with E-state index in [9.17, 15) is 14.4 Å². The summed E-state index contributed by atoms with van der Waals surface area (Å²) in [5.41, 5.74) is 0. The second-order valence-electron chi connectivity index (χ2n) is 5.58. The number of thioether (sulfide) groups is 1. The molecular weight excluding hydrogens is 386 g/mol. The molecule has 2 rings (SSSR count). The Morgan fingerprint density at radius 3 is 2.61 bits per heavy atom. The standard InChI is InChI=1S/C19H23NO7S/c1-3-25-14-7-4-5-8-15(14)27-12-19(23)26-10-6-9-20-16(21)13-28-17(20)11-18(22)24-2/h4-5,7-8,11H,3,6,9-10,12-13H2,1-2H3/b17-11-. The van der Waals surface area contributed by atoms with E-state index in [1.165, 1.54) is 29.8 Å². The Labute approximate surface area is 167 Å². The summed E-state index contributed by atoms with van der Waals surface area (Å²) in [6, 6.07) is 7.07. The van der Waals surface area contributed by atoms with Crippen molar-refractivity contribution in [3.63, 3.8) is 0 Å². The monoisotopic (exact) mass is 409 g/mol. The lowest BCUT2D eigenvalue weighted by Crippen LogP contribution is -2.27. The summed E-state index contributed by atoms with van der Waals surface area (Å²) in [7, 11) is 1.28. The molecule has 1 amide bonds. The summed E-state index contributed by atoms with van der Waals surface area (Å²) in [5.74, 6) is 0.181. The Hall–Kier alpha value is -2.68. The molecule has 0 aromatic heterocycles. The Morgan fingerprint density at radius 2 is 1.93 bits per heavy atom. The number of para-hydroxylation sites is 2. The molecule has 8 nitrogen and oxygen atoms in total. The molecule has 0 unspecified atom stereocenters. The van der Waals surface area contributed by atoms with E-state index < -0.39 is 11.9 Å². The molecule has 0 bridgehead atoms. The van der Waals surface area contributed by atoms with Crippen LogP contribution in [0.5, 0.6) is 11.5 Å². The summed E-state index contributed by atoms with van der Waals surface area (Å²) < 4.78 is 20.6. The van der Waals surface area contributed by atoms with Gasteiger partial charge in [0.15, 0.2) is 18.1 Å². The first-order valence-electron chi connectivity index (χ1n) is 8.78. The first-order valence-corrected chi connectivity index (χ1v) is 9.76. The van der Waals surface area contributed by atoms with Crippen LogP contribution in [0, 0.1) is 0 Å². The van der Waals surface area contributed by atoms with Crippen LogP contribution in [0.25, 0.3) is 0 Å². The van der Waals surface area contributed by atoms with Crippen molar-refractivity contribution in [2.45, 2.75) is 13.3 Å². The van der Waals surface area contributed by atoms with Gasteiger partial charge in [0, 0.05) is 6.54 Å². The lowest BCUT2D eigenvalue weighted by Gasteiger charge is -2.16. The molecule has 1 saturated heterocycles. The third-order valence-electron chi connectivity index (χ3n) is 3.64. The molecule has 1 aromatic carbocycles. The van der Waals surface area contributed by atoms with Gasteiger partial charge in [0.1, 0.15) is 0 Å². The number of ether oxygens (including phenoxy) is 4. The largest absolute Gasteiger partial charge is 0.490 e. The van der Waals surface area contributed by atoms with Crippen LogP contribution in [0.2, 0.25) is 0 Å². The number of amides is 1. The topological polar surface area (TPSA) is 91.4 Å². The average molecular weight is 409 g/mol. The van der Waals surface area contributed by atoms with Crippen LogP contribution in [0.3, 0.4) is 0 Å². The van der Waals surface area contributed by atoms with E-state index in [2.05, 4.69) is 4.74 Å². The molecular formula is C19H23NO7S. The predicted octanol–water partition coefficient (Wildman–Crippen LogP) is 1.99. The van der Waals surface area contributed by atoms with Crippen LogP contribution in [0.1, 0.15) is 13.3 Å². The van der Waals surface area contributed by atoms with Gasteiger partial charge in [0.25, 0.3) is 0 Å². The van der Waals surface area contributed by atoms with E-state index in [1.807, 2.05) is 13.0 Å². The average Bonchev–Trinajstić information content (AvgIpc) is 3.04. The van der Waals surface area contributed by atoms with Gasteiger partial charge in [-0.1, -0.05) is 23.9 Å². The van der Waals surface area contributed by atoms with Crippen LogP contribution in [-0.4, -0.2) is 62.0 Å². The molecule has 1 aliphatic rings. The predicted molar refractivity (Wildman–Crippen MR) is 103 cm³/mol. The zero-order chi connectivity index (χ0) is 20.4. The lowest BCUT2D eigenvalue weighted by atomic mass is 10.3. The highest BCUT2D eigenvalue weighted by Crippen LogP contribution is 2.29. The SMILES string of the molecule is CCOc1ccccc1OCC(=O)OCCCN1C(=O)CS/C1=C\C(=O)OC. The Bertz CT molecular complexity index is 735. The number of hydrogen-bond donors (Lipinski definition) is 0. The van der Waals surface area contributed by atoms with Gasteiger partial charge < -0.3 is 23.8 Å². The number of hydrogen-bond acceptors (Lipinski definition) is 8. The van der Waals surface area contributed by atoms with Crippen molar-refractivity contribution in [3.05, 3.63) is 35.4 Å². The van der Waals surface area contributed by atoms with Crippen molar-refractivity contribution in [2.75, 3.05) is 39.2 Å². The van der Waals surface area contributed by atoms with E-state index in [0.717, 1.165) is 0 Å². The lowest BCUT2D eigenvalue weighted by molar-refractivity contribution is -0.146. The molecule has 0 radical (unpaired) electrons. The fraction of sp³-hybridized carbons (Fsp3) is 0.421. The molecule has 1 heterocycles. The second-order valence-corrected chi connectivity index (χ2v) is 6.58. The van der Waals surface area contributed by atoms with Gasteiger partial charge in [0.2, 0.25) is 5.91 Å². The third kappa shape index (κ3) is 6.49. The number of methoxy groups -OCH3 is 1. The number of nitrogens with zero attached hydrogens (tertiary/aromatic N) is 1. The molecule has 0 saturated carbocycles. The fourth-order valence-electron chi connectivity index (χ4n) is 2.36. The minimum atomic E-state index is -0.516. The van der Waals surface area contributed by atoms with Gasteiger partial charge in [-0.3, -0.25) is 4.79 Å². The quantitative estimate of drug-likeness (QED) is 0.329. The van der Waals surface area contributed by atoms with Gasteiger partial charge in [-0.15, -0.1) is 0 Å². The van der Waals surface area contributed by atoms with E-state index in [-0.39, 0.29) is 24.9 Å². The van der Waals surface area contributed by atoms with Crippen LogP contribution < -0.4 is 9.47 Å². The maximum Gasteiger partial charge on any atom is 0.344 e. The van der Waals surface area contributed by atoms with Gasteiger partial charge in [-0.05, 0) is 25.5 Å². The molecule has 9 heteroatoms. The number of esters is 2. The maximum absolute atomic E-state index is 11.9. The fourth-order valence-corrected chi connectivity index (χ4v) is 3.32. The van der Waals surface area contributed by atoms with E-state index >= 15 is 0 Å². The van der Waals surface area contributed by atoms with Crippen molar-refractivity contribution in [1.82, 2.24) is 4.90 Å². The molecule has 1 aromatic rings. The Kier molecular flexibility index (Phi) is 8.67. The summed E-state index contributed by atoms with van der Waals surface area (Å²) in [6.07, 6.45) is 1.72. The number of benzene rings is 1. The van der Waals surface area contributed by atoms with Gasteiger partial charge in [-0.2, -0.15) is 0 Å².